The van der Waals surface area contributed by atoms with Gasteiger partial charge in [0.05, 0.1) is 31.4 Å². The Hall–Kier alpha value is -2.73. The van der Waals surface area contributed by atoms with Crippen molar-refractivity contribution >= 4 is 29.1 Å². The second kappa shape index (κ2) is 9.68. The van der Waals surface area contributed by atoms with E-state index in [1.165, 1.54) is 14.2 Å². The normalized spacial score (nSPS) is 10.1. The molecule has 0 saturated heterocycles. The van der Waals surface area contributed by atoms with Crippen molar-refractivity contribution in [2.75, 3.05) is 26.1 Å². The molecule has 0 heterocycles. The molecule has 0 fully saturated rings. The van der Waals surface area contributed by atoms with Crippen LogP contribution in [0, 0.1) is 0 Å². The molecule has 0 radical (unpaired) electrons. The Morgan fingerprint density at radius 3 is 2.31 bits per heavy atom. The lowest BCUT2D eigenvalue weighted by Crippen LogP contribution is -2.28. The number of hydrogen-bond donors (Lipinski definition) is 2. The van der Waals surface area contributed by atoms with E-state index < -0.39 is 0 Å². The first-order chi connectivity index (χ1) is 12.5. The zero-order chi connectivity index (χ0) is 18.9. The van der Waals surface area contributed by atoms with Crippen LogP contribution < -0.4 is 20.1 Å². The van der Waals surface area contributed by atoms with Gasteiger partial charge in [0.25, 0.3) is 0 Å². The fourth-order valence-corrected chi connectivity index (χ4v) is 2.52. The van der Waals surface area contributed by atoms with Gasteiger partial charge in [-0.15, -0.1) is 0 Å². The Kier molecular flexibility index (Phi) is 7.29. The SMILES string of the molecule is COc1cc(Cl)c(NC(=O)CCNC(=O)Cc2ccccc2)cc1OC. The van der Waals surface area contributed by atoms with E-state index >= 15 is 0 Å². The maximum Gasteiger partial charge on any atom is 0.226 e. The molecular weight excluding hydrogens is 356 g/mol. The van der Waals surface area contributed by atoms with E-state index in [-0.39, 0.29) is 31.2 Å². The minimum atomic E-state index is -0.265. The number of nitrogens with one attached hydrogen (secondary N) is 2. The van der Waals surface area contributed by atoms with Gasteiger partial charge in [0.1, 0.15) is 0 Å². The van der Waals surface area contributed by atoms with Crippen LogP contribution in [0.15, 0.2) is 42.5 Å². The van der Waals surface area contributed by atoms with Gasteiger partial charge in [-0.2, -0.15) is 0 Å². The van der Waals surface area contributed by atoms with Gasteiger partial charge >= 0.3 is 0 Å². The van der Waals surface area contributed by atoms with Crippen LogP contribution in [-0.4, -0.2) is 32.6 Å². The van der Waals surface area contributed by atoms with Gasteiger partial charge in [0.2, 0.25) is 11.8 Å². The van der Waals surface area contributed by atoms with Gasteiger partial charge < -0.3 is 20.1 Å². The van der Waals surface area contributed by atoms with Crippen molar-refractivity contribution < 1.29 is 19.1 Å². The second-order valence-electron chi connectivity index (χ2n) is 5.50. The van der Waals surface area contributed by atoms with Crippen LogP contribution in [0.25, 0.3) is 0 Å². The van der Waals surface area contributed by atoms with Crippen LogP contribution in [0.4, 0.5) is 5.69 Å². The first-order valence-electron chi connectivity index (χ1n) is 8.05. The molecule has 0 aliphatic rings. The lowest BCUT2D eigenvalue weighted by Gasteiger charge is -2.12. The molecule has 26 heavy (non-hydrogen) atoms. The van der Waals surface area contributed by atoms with Gasteiger partial charge in [-0.1, -0.05) is 41.9 Å². The number of benzene rings is 2. The third-order valence-electron chi connectivity index (χ3n) is 3.63. The molecule has 0 spiro atoms. The molecular formula is C19H21ClN2O4. The van der Waals surface area contributed by atoms with Gasteiger partial charge in [-0.25, -0.2) is 0 Å². The number of hydrogen-bond acceptors (Lipinski definition) is 4. The Morgan fingerprint density at radius 1 is 1.00 bits per heavy atom. The lowest BCUT2D eigenvalue weighted by atomic mass is 10.1. The van der Waals surface area contributed by atoms with Gasteiger partial charge in [-0.3, -0.25) is 9.59 Å². The topological polar surface area (TPSA) is 76.7 Å². The summed E-state index contributed by atoms with van der Waals surface area (Å²) < 4.78 is 10.3. The maximum atomic E-state index is 12.1. The van der Waals surface area contributed by atoms with Crippen molar-refractivity contribution in [3.8, 4) is 11.5 Å². The largest absolute Gasteiger partial charge is 0.493 e. The summed E-state index contributed by atoms with van der Waals surface area (Å²) in [4.78, 5) is 23.9. The number of amides is 2. The highest BCUT2D eigenvalue weighted by molar-refractivity contribution is 6.34. The molecule has 0 atom stereocenters. The van der Waals surface area contributed by atoms with Gasteiger partial charge in [0.15, 0.2) is 11.5 Å². The Labute approximate surface area is 157 Å². The molecule has 138 valence electrons. The summed E-state index contributed by atoms with van der Waals surface area (Å²) in [5, 5.41) is 5.76. The highest BCUT2D eigenvalue weighted by atomic mass is 35.5. The van der Waals surface area contributed by atoms with Crippen LogP contribution >= 0.6 is 11.6 Å². The number of halogens is 1. The molecule has 0 saturated carbocycles. The van der Waals surface area contributed by atoms with Crippen molar-refractivity contribution in [1.82, 2.24) is 5.32 Å². The van der Waals surface area contributed by atoms with E-state index in [9.17, 15) is 9.59 Å². The quantitative estimate of drug-likeness (QED) is 0.742. The number of rotatable bonds is 8. The first-order valence-corrected chi connectivity index (χ1v) is 8.43. The van der Waals surface area contributed by atoms with Crippen molar-refractivity contribution in [2.24, 2.45) is 0 Å². The monoisotopic (exact) mass is 376 g/mol. The fourth-order valence-electron chi connectivity index (χ4n) is 2.32. The molecule has 2 rings (SSSR count). The molecule has 0 aliphatic heterocycles. The predicted octanol–water partition coefficient (Wildman–Crippen LogP) is 3.04. The summed E-state index contributed by atoms with van der Waals surface area (Å²) in [6, 6.07) is 12.6. The molecule has 2 amide bonds. The molecule has 0 unspecified atom stereocenters. The second-order valence-corrected chi connectivity index (χ2v) is 5.90. The van der Waals surface area contributed by atoms with Crippen LogP contribution in [-0.2, 0) is 16.0 Å². The van der Waals surface area contributed by atoms with Gasteiger partial charge in [0, 0.05) is 25.1 Å². The summed E-state index contributed by atoms with van der Waals surface area (Å²) in [6.07, 6.45) is 0.412. The molecule has 7 heteroatoms. The average molecular weight is 377 g/mol. The summed E-state index contributed by atoms with van der Waals surface area (Å²) >= 11 is 6.14. The molecule has 0 bridgehead atoms. The minimum absolute atomic E-state index is 0.130. The standard InChI is InChI=1S/C19H21ClN2O4/c1-25-16-11-14(20)15(12-17(16)26-2)22-18(23)8-9-21-19(24)10-13-6-4-3-5-7-13/h3-7,11-12H,8-10H2,1-2H3,(H,21,24)(H,22,23). The Balaban J connectivity index is 1.82. The predicted molar refractivity (Wildman–Crippen MR) is 101 cm³/mol. The molecule has 0 aromatic heterocycles. The third kappa shape index (κ3) is 5.67. The maximum absolute atomic E-state index is 12.1. The van der Waals surface area contributed by atoms with E-state index in [0.29, 0.717) is 22.2 Å². The summed E-state index contributed by atoms with van der Waals surface area (Å²) in [6.45, 7) is 0.239. The highest BCUT2D eigenvalue weighted by Gasteiger charge is 2.12. The zero-order valence-corrected chi connectivity index (χ0v) is 15.4. The molecule has 6 nitrogen and oxygen atoms in total. The average Bonchev–Trinajstić information content (AvgIpc) is 2.63. The molecule has 0 aliphatic carbocycles. The first kappa shape index (κ1) is 19.6. The third-order valence-corrected chi connectivity index (χ3v) is 3.94. The van der Waals surface area contributed by atoms with Crippen LogP contribution in [0.3, 0.4) is 0 Å². The lowest BCUT2D eigenvalue weighted by molar-refractivity contribution is -0.120. The summed E-state index contributed by atoms with van der Waals surface area (Å²) in [5.41, 5.74) is 1.34. The molecule has 2 aromatic carbocycles. The van der Waals surface area contributed by atoms with Crippen molar-refractivity contribution in [2.45, 2.75) is 12.8 Å². The number of carbonyl (C=O) groups excluding carboxylic acids is 2. The Morgan fingerprint density at radius 2 is 1.65 bits per heavy atom. The van der Waals surface area contributed by atoms with E-state index in [4.69, 9.17) is 21.1 Å². The van der Waals surface area contributed by atoms with Crippen LogP contribution in [0.2, 0.25) is 5.02 Å². The smallest absolute Gasteiger partial charge is 0.226 e. The fraction of sp³-hybridized carbons (Fsp3) is 0.263. The van der Waals surface area contributed by atoms with E-state index in [2.05, 4.69) is 10.6 Å². The van der Waals surface area contributed by atoms with Crippen molar-refractivity contribution in [1.29, 1.82) is 0 Å². The molecule has 2 N–H and O–H groups in total. The van der Waals surface area contributed by atoms with Crippen LogP contribution in [0.5, 0.6) is 11.5 Å². The number of carbonyl (C=O) groups is 2. The van der Waals surface area contributed by atoms with E-state index in [0.717, 1.165) is 5.56 Å². The van der Waals surface area contributed by atoms with E-state index in [1.807, 2.05) is 30.3 Å². The molecule has 2 aromatic rings. The number of ether oxygens (including phenoxy) is 2. The van der Waals surface area contributed by atoms with Crippen LogP contribution in [0.1, 0.15) is 12.0 Å². The van der Waals surface area contributed by atoms with Crippen molar-refractivity contribution in [3.05, 3.63) is 53.1 Å². The summed E-state index contributed by atoms with van der Waals surface area (Å²) in [5.74, 6) is 0.541. The zero-order valence-electron chi connectivity index (χ0n) is 14.7. The minimum Gasteiger partial charge on any atom is -0.493 e. The Bertz CT molecular complexity index is 766. The number of anilines is 1. The summed E-state index contributed by atoms with van der Waals surface area (Å²) in [7, 11) is 3.00. The van der Waals surface area contributed by atoms with E-state index in [1.54, 1.807) is 12.1 Å². The number of methoxy groups -OCH3 is 2. The highest BCUT2D eigenvalue weighted by Crippen LogP contribution is 2.35. The van der Waals surface area contributed by atoms with Crippen molar-refractivity contribution in [3.63, 3.8) is 0 Å². The van der Waals surface area contributed by atoms with Gasteiger partial charge in [-0.05, 0) is 5.56 Å².